The van der Waals surface area contributed by atoms with Crippen LogP contribution in [0.1, 0.15) is 0 Å². The van der Waals surface area contributed by atoms with Gasteiger partial charge < -0.3 is 14.5 Å². The molecule has 0 aliphatic rings. The molecule has 184 valence electrons. The van der Waals surface area contributed by atoms with Crippen molar-refractivity contribution in [2.45, 2.75) is 0 Å². The van der Waals surface area contributed by atoms with Crippen LogP contribution in [-0.4, -0.2) is 9.55 Å². The Bertz CT molecular complexity index is 2060. The summed E-state index contributed by atoms with van der Waals surface area (Å²) in [6.45, 7) is 0. The molecule has 1 N–H and O–H groups in total. The molecule has 0 fully saturated rings. The number of H-pyrrole nitrogens is 1. The monoisotopic (exact) mass is 499 g/mol. The van der Waals surface area contributed by atoms with Crippen molar-refractivity contribution in [3.05, 3.63) is 146 Å². The summed E-state index contributed by atoms with van der Waals surface area (Å²) < 4.78 is 2.38. The molecule has 3 nitrogen and oxygen atoms in total. The first-order chi connectivity index (χ1) is 19.3. The zero-order valence-electron chi connectivity index (χ0n) is 21.3. The molecule has 0 aliphatic carbocycles. The lowest BCUT2D eigenvalue weighted by Crippen LogP contribution is -2.09. The first kappa shape index (κ1) is 21.8. The molecule has 39 heavy (non-hydrogen) atoms. The molecule has 0 atom stereocenters. The second kappa shape index (κ2) is 8.64. The molecule has 0 unspecified atom stereocenters. The van der Waals surface area contributed by atoms with Crippen molar-refractivity contribution in [3.8, 4) is 5.69 Å². The second-order valence-electron chi connectivity index (χ2n) is 9.96. The summed E-state index contributed by atoms with van der Waals surface area (Å²) in [7, 11) is 0. The molecular weight excluding hydrogens is 474 g/mol. The Morgan fingerprint density at radius 3 is 1.72 bits per heavy atom. The first-order valence-electron chi connectivity index (χ1n) is 13.3. The topological polar surface area (TPSA) is 24.0 Å². The highest BCUT2D eigenvalue weighted by Crippen LogP contribution is 2.38. The summed E-state index contributed by atoms with van der Waals surface area (Å²) >= 11 is 0. The average Bonchev–Trinajstić information content (AvgIpc) is 3.52. The number of nitrogens with one attached hydrogen (secondary N) is 1. The van der Waals surface area contributed by atoms with Gasteiger partial charge in [-0.3, -0.25) is 0 Å². The van der Waals surface area contributed by atoms with E-state index in [1.165, 1.54) is 38.1 Å². The third-order valence-corrected chi connectivity index (χ3v) is 7.69. The lowest BCUT2D eigenvalue weighted by molar-refractivity contribution is 1.17. The number of benzene rings is 6. The largest absolute Gasteiger partial charge is 0.354 e. The predicted molar refractivity (Wildman–Crippen MR) is 165 cm³/mol. The highest BCUT2D eigenvalue weighted by atomic mass is 15.1. The number of hydrogen-bond donors (Lipinski definition) is 1. The SMILES string of the molecule is c1ccc(N(c2ccccc2)c2ccc(-n3c4ccccc4c4cc5c(cc43)[nH]c3ccccc35)cc2)cc1. The van der Waals surface area contributed by atoms with Crippen LogP contribution in [0, 0.1) is 0 Å². The smallest absolute Gasteiger partial charge is 0.0562 e. The summed E-state index contributed by atoms with van der Waals surface area (Å²) in [6, 6.07) is 51.9. The number of fused-ring (bicyclic) bond motifs is 6. The quantitative estimate of drug-likeness (QED) is 0.256. The van der Waals surface area contributed by atoms with Gasteiger partial charge in [-0.2, -0.15) is 0 Å². The van der Waals surface area contributed by atoms with Crippen molar-refractivity contribution in [2.75, 3.05) is 4.90 Å². The average molecular weight is 500 g/mol. The zero-order valence-corrected chi connectivity index (χ0v) is 21.3. The van der Waals surface area contributed by atoms with Gasteiger partial charge in [0.1, 0.15) is 0 Å². The van der Waals surface area contributed by atoms with Gasteiger partial charge in [0.2, 0.25) is 0 Å². The minimum absolute atomic E-state index is 1.12. The van der Waals surface area contributed by atoms with Crippen LogP contribution in [0.2, 0.25) is 0 Å². The van der Waals surface area contributed by atoms with Gasteiger partial charge in [-0.15, -0.1) is 0 Å². The Morgan fingerprint density at radius 2 is 1.00 bits per heavy atom. The van der Waals surface area contributed by atoms with Crippen LogP contribution >= 0.6 is 0 Å². The molecule has 0 bridgehead atoms. The van der Waals surface area contributed by atoms with Gasteiger partial charge in [0.05, 0.1) is 11.0 Å². The fraction of sp³-hybridized carbons (Fsp3) is 0. The van der Waals surface area contributed by atoms with Crippen LogP contribution in [0.3, 0.4) is 0 Å². The fourth-order valence-electron chi connectivity index (χ4n) is 5.94. The summed E-state index contributed by atoms with van der Waals surface area (Å²) in [6.07, 6.45) is 0. The molecule has 0 saturated carbocycles. The van der Waals surface area contributed by atoms with E-state index in [-0.39, 0.29) is 0 Å². The molecule has 8 aromatic rings. The maximum atomic E-state index is 3.63. The second-order valence-corrected chi connectivity index (χ2v) is 9.96. The van der Waals surface area contributed by atoms with Gasteiger partial charge in [0.25, 0.3) is 0 Å². The summed E-state index contributed by atoms with van der Waals surface area (Å²) in [5.41, 5.74) is 9.26. The molecule has 0 saturated heterocycles. The number of anilines is 3. The summed E-state index contributed by atoms with van der Waals surface area (Å²) in [4.78, 5) is 5.93. The van der Waals surface area contributed by atoms with Crippen LogP contribution in [-0.2, 0) is 0 Å². The van der Waals surface area contributed by atoms with Gasteiger partial charge >= 0.3 is 0 Å². The number of para-hydroxylation sites is 4. The van der Waals surface area contributed by atoms with Crippen molar-refractivity contribution in [1.82, 2.24) is 9.55 Å². The number of aromatic nitrogens is 2. The molecule has 0 spiro atoms. The van der Waals surface area contributed by atoms with E-state index in [0.29, 0.717) is 0 Å². The molecular formula is C36H25N3. The molecule has 2 aromatic heterocycles. The van der Waals surface area contributed by atoms with Crippen molar-refractivity contribution in [2.24, 2.45) is 0 Å². The Hall–Kier alpha value is -5.28. The Kier molecular flexibility index (Phi) is 4.82. The molecule has 2 heterocycles. The highest BCUT2D eigenvalue weighted by molar-refractivity contribution is 6.18. The van der Waals surface area contributed by atoms with Crippen molar-refractivity contribution in [1.29, 1.82) is 0 Å². The Morgan fingerprint density at radius 1 is 0.410 bits per heavy atom. The van der Waals surface area contributed by atoms with Gasteiger partial charge in [-0.05, 0) is 72.8 Å². The molecule has 0 radical (unpaired) electrons. The van der Waals surface area contributed by atoms with E-state index in [4.69, 9.17) is 0 Å². The third kappa shape index (κ3) is 3.44. The van der Waals surface area contributed by atoms with Crippen molar-refractivity contribution in [3.63, 3.8) is 0 Å². The number of aromatic amines is 1. The third-order valence-electron chi connectivity index (χ3n) is 7.69. The fourth-order valence-corrected chi connectivity index (χ4v) is 5.94. The highest BCUT2D eigenvalue weighted by Gasteiger charge is 2.16. The molecule has 0 amide bonds. The van der Waals surface area contributed by atoms with Gasteiger partial charge in [0.15, 0.2) is 0 Å². The van der Waals surface area contributed by atoms with Crippen LogP contribution < -0.4 is 4.90 Å². The number of hydrogen-bond acceptors (Lipinski definition) is 1. The van der Waals surface area contributed by atoms with Crippen LogP contribution in [0.15, 0.2) is 146 Å². The van der Waals surface area contributed by atoms with Crippen LogP contribution in [0.25, 0.3) is 49.3 Å². The lowest BCUT2D eigenvalue weighted by atomic mass is 10.1. The number of rotatable bonds is 4. The first-order valence-corrected chi connectivity index (χ1v) is 13.3. The van der Waals surface area contributed by atoms with E-state index >= 15 is 0 Å². The number of nitrogens with zero attached hydrogens (tertiary/aromatic N) is 2. The molecule has 8 rings (SSSR count). The lowest BCUT2D eigenvalue weighted by Gasteiger charge is -2.25. The minimum Gasteiger partial charge on any atom is -0.354 e. The maximum Gasteiger partial charge on any atom is 0.0562 e. The van der Waals surface area contributed by atoms with Gasteiger partial charge in [-0.25, -0.2) is 0 Å². The van der Waals surface area contributed by atoms with Crippen molar-refractivity contribution >= 4 is 60.7 Å². The molecule has 3 heteroatoms. The van der Waals surface area contributed by atoms with E-state index in [9.17, 15) is 0 Å². The van der Waals surface area contributed by atoms with Gasteiger partial charge in [0, 0.05) is 55.3 Å². The van der Waals surface area contributed by atoms with E-state index in [1.54, 1.807) is 0 Å². The minimum atomic E-state index is 1.12. The van der Waals surface area contributed by atoms with Crippen LogP contribution in [0.5, 0.6) is 0 Å². The Balaban J connectivity index is 1.32. The van der Waals surface area contributed by atoms with E-state index < -0.39 is 0 Å². The van der Waals surface area contributed by atoms with Gasteiger partial charge in [-0.1, -0.05) is 72.8 Å². The zero-order chi connectivity index (χ0) is 25.8. The predicted octanol–water partition coefficient (Wildman–Crippen LogP) is 9.89. The van der Waals surface area contributed by atoms with E-state index in [1.807, 2.05) is 0 Å². The standard InChI is InChI=1S/C36H25N3/c1-3-11-25(12-4-1)38(26-13-5-2-6-14-26)27-19-21-28(22-20-27)39-35-18-10-8-16-30(35)32-23-31-29-15-7-9-17-33(29)37-34(31)24-36(32)39/h1-24,37H. The van der Waals surface area contributed by atoms with Crippen LogP contribution in [0.4, 0.5) is 17.1 Å². The van der Waals surface area contributed by atoms with Crippen molar-refractivity contribution < 1.29 is 0 Å². The normalized spacial score (nSPS) is 11.6. The summed E-state index contributed by atoms with van der Waals surface area (Å²) in [5.74, 6) is 0. The summed E-state index contributed by atoms with van der Waals surface area (Å²) in [5, 5.41) is 5.05. The molecule has 6 aromatic carbocycles. The maximum absolute atomic E-state index is 3.63. The Labute approximate surface area is 226 Å². The van der Waals surface area contributed by atoms with E-state index in [0.717, 1.165) is 28.3 Å². The molecule has 0 aliphatic heterocycles. The van der Waals surface area contributed by atoms with E-state index in [2.05, 4.69) is 160 Å².